The maximum Gasteiger partial charge on any atom is 0.110 e. The number of nitrogens with zero attached hydrogens (tertiary/aromatic N) is 2. The summed E-state index contributed by atoms with van der Waals surface area (Å²) >= 11 is 0. The number of para-hydroxylation sites is 1. The lowest BCUT2D eigenvalue weighted by Crippen LogP contribution is -2.23. The van der Waals surface area contributed by atoms with Crippen LogP contribution in [0.15, 0.2) is 36.5 Å². The van der Waals surface area contributed by atoms with Crippen molar-refractivity contribution >= 4 is 0 Å². The van der Waals surface area contributed by atoms with E-state index in [0.29, 0.717) is 6.04 Å². The van der Waals surface area contributed by atoms with Gasteiger partial charge >= 0.3 is 0 Å². The second-order valence-corrected chi connectivity index (χ2v) is 4.50. The van der Waals surface area contributed by atoms with Gasteiger partial charge in [0.05, 0.1) is 11.9 Å². The molecule has 2 aromatic rings. The minimum atomic E-state index is 0.481. The number of rotatable bonds is 4. The van der Waals surface area contributed by atoms with Crippen LogP contribution in [0, 0.1) is 6.92 Å². The van der Waals surface area contributed by atoms with Gasteiger partial charge in [-0.1, -0.05) is 32.0 Å². The lowest BCUT2D eigenvalue weighted by atomic mass is 10.3. The maximum atomic E-state index is 4.39. The zero-order valence-corrected chi connectivity index (χ0v) is 10.6. The van der Waals surface area contributed by atoms with Crippen LogP contribution in [0.3, 0.4) is 0 Å². The number of aryl methyl sites for hydroxylation is 1. The Morgan fingerprint density at radius 1 is 1.24 bits per heavy atom. The topological polar surface area (TPSA) is 29.9 Å². The van der Waals surface area contributed by atoms with Gasteiger partial charge in [-0.15, -0.1) is 0 Å². The Labute approximate surface area is 103 Å². The Morgan fingerprint density at radius 3 is 2.59 bits per heavy atom. The van der Waals surface area contributed by atoms with Crippen molar-refractivity contribution in [3.05, 3.63) is 48.0 Å². The fourth-order valence-electron chi connectivity index (χ4n) is 1.85. The first-order valence-electron chi connectivity index (χ1n) is 6.00. The van der Waals surface area contributed by atoms with Crippen LogP contribution in [0.25, 0.3) is 5.69 Å². The third-order valence-corrected chi connectivity index (χ3v) is 2.72. The fourth-order valence-corrected chi connectivity index (χ4v) is 1.85. The van der Waals surface area contributed by atoms with E-state index >= 15 is 0 Å². The monoisotopic (exact) mass is 229 g/mol. The molecule has 0 amide bonds. The van der Waals surface area contributed by atoms with Crippen LogP contribution in [-0.4, -0.2) is 15.6 Å². The second kappa shape index (κ2) is 5.15. The summed E-state index contributed by atoms with van der Waals surface area (Å²) in [5, 5.41) is 3.42. The molecule has 1 aromatic heterocycles. The summed E-state index contributed by atoms with van der Waals surface area (Å²) in [6.45, 7) is 7.17. The first-order valence-corrected chi connectivity index (χ1v) is 6.00. The maximum absolute atomic E-state index is 4.39. The first kappa shape index (κ1) is 11.9. The van der Waals surface area contributed by atoms with Crippen LogP contribution < -0.4 is 5.32 Å². The summed E-state index contributed by atoms with van der Waals surface area (Å²) in [5.41, 5.74) is 2.37. The molecule has 90 valence electrons. The SMILES string of the molecule is Cc1ncc(CNC(C)C)n1-c1ccccc1. The molecule has 0 fully saturated rings. The molecule has 2 rings (SSSR count). The van der Waals surface area contributed by atoms with Crippen LogP contribution in [0.5, 0.6) is 0 Å². The van der Waals surface area contributed by atoms with Gasteiger partial charge in [-0.2, -0.15) is 0 Å². The largest absolute Gasteiger partial charge is 0.309 e. The van der Waals surface area contributed by atoms with Crippen LogP contribution in [0.4, 0.5) is 0 Å². The molecule has 1 N–H and O–H groups in total. The number of aromatic nitrogens is 2. The van der Waals surface area contributed by atoms with E-state index in [0.717, 1.165) is 12.4 Å². The Balaban J connectivity index is 2.30. The van der Waals surface area contributed by atoms with Crippen molar-refractivity contribution in [1.29, 1.82) is 0 Å². The number of imidazole rings is 1. The number of hydrogen-bond acceptors (Lipinski definition) is 2. The lowest BCUT2D eigenvalue weighted by Gasteiger charge is -2.12. The van der Waals surface area contributed by atoms with E-state index in [1.165, 1.54) is 11.4 Å². The quantitative estimate of drug-likeness (QED) is 0.873. The average molecular weight is 229 g/mol. The van der Waals surface area contributed by atoms with Crippen LogP contribution in [-0.2, 0) is 6.54 Å². The highest BCUT2D eigenvalue weighted by molar-refractivity contribution is 5.35. The van der Waals surface area contributed by atoms with Crippen molar-refractivity contribution in [1.82, 2.24) is 14.9 Å². The second-order valence-electron chi connectivity index (χ2n) is 4.50. The molecule has 0 atom stereocenters. The highest BCUT2D eigenvalue weighted by atomic mass is 15.1. The van der Waals surface area contributed by atoms with Crippen LogP contribution in [0.2, 0.25) is 0 Å². The molecule has 0 aliphatic carbocycles. The van der Waals surface area contributed by atoms with Gasteiger partial charge in [0.1, 0.15) is 5.82 Å². The highest BCUT2D eigenvalue weighted by Gasteiger charge is 2.08. The summed E-state index contributed by atoms with van der Waals surface area (Å²) < 4.78 is 2.19. The summed E-state index contributed by atoms with van der Waals surface area (Å²) in [6, 6.07) is 10.8. The standard InChI is InChI=1S/C14H19N3/c1-11(2)15-9-14-10-16-12(3)17(14)13-7-5-4-6-8-13/h4-8,10-11,15H,9H2,1-3H3. The average Bonchev–Trinajstić information content (AvgIpc) is 2.69. The molecule has 0 bridgehead atoms. The minimum Gasteiger partial charge on any atom is -0.309 e. The lowest BCUT2D eigenvalue weighted by molar-refractivity contribution is 0.576. The number of hydrogen-bond donors (Lipinski definition) is 1. The Kier molecular flexibility index (Phi) is 3.59. The van der Waals surface area contributed by atoms with Crippen molar-refractivity contribution in [2.45, 2.75) is 33.4 Å². The highest BCUT2D eigenvalue weighted by Crippen LogP contribution is 2.14. The normalized spacial score (nSPS) is 11.1. The zero-order chi connectivity index (χ0) is 12.3. The molecule has 1 aromatic carbocycles. The van der Waals surface area contributed by atoms with Gasteiger partial charge in [-0.3, -0.25) is 4.57 Å². The van der Waals surface area contributed by atoms with E-state index in [4.69, 9.17) is 0 Å². The van der Waals surface area contributed by atoms with Crippen molar-refractivity contribution < 1.29 is 0 Å². The molecule has 0 radical (unpaired) electrons. The van der Waals surface area contributed by atoms with Crippen molar-refractivity contribution in [2.24, 2.45) is 0 Å². The van der Waals surface area contributed by atoms with Gasteiger partial charge in [0.15, 0.2) is 0 Å². The van der Waals surface area contributed by atoms with Gasteiger partial charge in [0, 0.05) is 18.3 Å². The predicted octanol–water partition coefficient (Wildman–Crippen LogP) is 2.68. The Bertz CT molecular complexity index is 471. The number of nitrogens with one attached hydrogen (secondary N) is 1. The fraction of sp³-hybridized carbons (Fsp3) is 0.357. The Hall–Kier alpha value is -1.61. The van der Waals surface area contributed by atoms with Gasteiger partial charge < -0.3 is 5.32 Å². The summed E-state index contributed by atoms with van der Waals surface area (Å²) in [5.74, 6) is 1.02. The number of benzene rings is 1. The van der Waals surface area contributed by atoms with Crippen molar-refractivity contribution in [2.75, 3.05) is 0 Å². The van der Waals surface area contributed by atoms with Crippen molar-refractivity contribution in [3.63, 3.8) is 0 Å². The van der Waals surface area contributed by atoms with Crippen LogP contribution in [0.1, 0.15) is 25.4 Å². The summed E-state index contributed by atoms with van der Waals surface area (Å²) in [6.07, 6.45) is 1.94. The molecule has 0 aliphatic rings. The zero-order valence-electron chi connectivity index (χ0n) is 10.6. The van der Waals surface area contributed by atoms with Gasteiger partial charge in [0.25, 0.3) is 0 Å². The Morgan fingerprint density at radius 2 is 1.94 bits per heavy atom. The predicted molar refractivity (Wildman–Crippen MR) is 70.3 cm³/mol. The molecule has 3 heteroatoms. The third kappa shape index (κ3) is 2.74. The van der Waals surface area contributed by atoms with E-state index in [1.54, 1.807) is 0 Å². The van der Waals surface area contributed by atoms with E-state index in [-0.39, 0.29) is 0 Å². The molecule has 1 heterocycles. The van der Waals surface area contributed by atoms with E-state index in [1.807, 2.05) is 19.2 Å². The van der Waals surface area contributed by atoms with Gasteiger partial charge in [0.2, 0.25) is 0 Å². The van der Waals surface area contributed by atoms with E-state index in [9.17, 15) is 0 Å². The molecule has 0 spiro atoms. The molecule has 3 nitrogen and oxygen atoms in total. The summed E-state index contributed by atoms with van der Waals surface area (Å²) in [7, 11) is 0. The minimum absolute atomic E-state index is 0.481. The van der Waals surface area contributed by atoms with Gasteiger partial charge in [-0.05, 0) is 19.1 Å². The molecule has 17 heavy (non-hydrogen) atoms. The molecule has 0 saturated heterocycles. The first-order chi connectivity index (χ1) is 8.18. The van der Waals surface area contributed by atoms with E-state index < -0.39 is 0 Å². The summed E-state index contributed by atoms with van der Waals surface area (Å²) in [4.78, 5) is 4.39. The third-order valence-electron chi connectivity index (χ3n) is 2.72. The molecule has 0 unspecified atom stereocenters. The van der Waals surface area contributed by atoms with Gasteiger partial charge in [-0.25, -0.2) is 4.98 Å². The molecule has 0 aliphatic heterocycles. The van der Waals surface area contributed by atoms with E-state index in [2.05, 4.69) is 53.0 Å². The van der Waals surface area contributed by atoms with Crippen molar-refractivity contribution in [3.8, 4) is 5.69 Å². The molecule has 0 saturated carbocycles. The molecular formula is C14H19N3. The smallest absolute Gasteiger partial charge is 0.110 e. The molecular weight excluding hydrogens is 210 g/mol. The van der Waals surface area contributed by atoms with Crippen LogP contribution >= 0.6 is 0 Å².